The highest BCUT2D eigenvalue weighted by atomic mass is 19.1. The topological polar surface area (TPSA) is 41.5 Å². The monoisotopic (exact) mass is 319 g/mol. The third-order valence-corrected chi connectivity index (χ3v) is 4.32. The van der Waals surface area contributed by atoms with Gasteiger partial charge in [0.05, 0.1) is 0 Å². The summed E-state index contributed by atoms with van der Waals surface area (Å²) in [6.07, 6.45) is -0.411. The van der Waals surface area contributed by atoms with Crippen LogP contribution in [0.15, 0.2) is 36.4 Å². The number of nitrogens with one attached hydrogen (secondary N) is 1. The second-order valence-electron chi connectivity index (χ2n) is 6.01. The van der Waals surface area contributed by atoms with E-state index in [9.17, 15) is 13.9 Å². The van der Waals surface area contributed by atoms with E-state index in [4.69, 9.17) is 4.74 Å². The zero-order chi connectivity index (χ0) is 16.6. The van der Waals surface area contributed by atoms with Crippen LogP contribution in [0, 0.1) is 18.6 Å². The van der Waals surface area contributed by atoms with E-state index in [1.54, 1.807) is 32.2 Å². The standard InChI is InChI=1S/C18H19F2NO2/c1-11-15(20)4-3-5-16(11)23-17-14-7-6-13(19)8-12(14)9-18(17,22)10-21-2/h3-8,17,21-22H,9-10H2,1-2H3. The third-order valence-electron chi connectivity index (χ3n) is 4.32. The van der Waals surface area contributed by atoms with Crippen molar-refractivity contribution >= 4 is 0 Å². The smallest absolute Gasteiger partial charge is 0.154 e. The molecule has 0 saturated heterocycles. The average molecular weight is 319 g/mol. The van der Waals surface area contributed by atoms with Crippen LogP contribution in [0.2, 0.25) is 0 Å². The molecular formula is C18H19F2NO2. The van der Waals surface area contributed by atoms with Gasteiger partial charge in [-0.3, -0.25) is 0 Å². The van der Waals surface area contributed by atoms with Crippen molar-refractivity contribution in [3.05, 3.63) is 64.7 Å². The fraction of sp³-hybridized carbons (Fsp3) is 0.333. The van der Waals surface area contributed by atoms with E-state index in [-0.39, 0.29) is 24.6 Å². The van der Waals surface area contributed by atoms with Crippen molar-refractivity contribution in [2.75, 3.05) is 13.6 Å². The first-order valence-electron chi connectivity index (χ1n) is 7.52. The summed E-state index contributed by atoms with van der Waals surface area (Å²) in [5.74, 6) is -0.336. The van der Waals surface area contributed by atoms with Crippen molar-refractivity contribution in [3.63, 3.8) is 0 Å². The molecule has 2 atom stereocenters. The predicted octanol–water partition coefficient (Wildman–Crippen LogP) is 2.90. The Morgan fingerprint density at radius 3 is 2.83 bits per heavy atom. The van der Waals surface area contributed by atoms with Crippen molar-refractivity contribution < 1.29 is 18.6 Å². The van der Waals surface area contributed by atoms with Gasteiger partial charge in [0.15, 0.2) is 6.10 Å². The van der Waals surface area contributed by atoms with Gasteiger partial charge in [-0.05, 0) is 49.4 Å². The van der Waals surface area contributed by atoms with E-state index >= 15 is 0 Å². The molecule has 0 aromatic heterocycles. The first-order valence-corrected chi connectivity index (χ1v) is 7.52. The molecule has 3 rings (SSSR count). The van der Waals surface area contributed by atoms with E-state index in [0.717, 1.165) is 5.56 Å². The van der Waals surface area contributed by atoms with Gasteiger partial charge in [0, 0.05) is 18.5 Å². The molecule has 0 spiro atoms. The lowest BCUT2D eigenvalue weighted by atomic mass is 9.97. The SMILES string of the molecule is CNCC1(O)Cc2cc(F)ccc2C1Oc1cccc(F)c1C. The van der Waals surface area contributed by atoms with Gasteiger partial charge >= 0.3 is 0 Å². The van der Waals surface area contributed by atoms with E-state index in [0.29, 0.717) is 16.9 Å². The van der Waals surface area contributed by atoms with Crippen LogP contribution < -0.4 is 10.1 Å². The predicted molar refractivity (Wildman–Crippen MR) is 83.5 cm³/mol. The molecule has 2 aromatic rings. The summed E-state index contributed by atoms with van der Waals surface area (Å²) in [5, 5.41) is 13.9. The van der Waals surface area contributed by atoms with Gasteiger partial charge in [-0.2, -0.15) is 0 Å². The summed E-state index contributed by atoms with van der Waals surface area (Å²) >= 11 is 0. The highest BCUT2D eigenvalue weighted by molar-refractivity contribution is 5.41. The van der Waals surface area contributed by atoms with E-state index < -0.39 is 11.7 Å². The molecule has 2 unspecified atom stereocenters. The number of likely N-dealkylation sites (N-methyl/N-ethyl adjacent to an activating group) is 1. The molecule has 5 heteroatoms. The number of benzene rings is 2. The van der Waals surface area contributed by atoms with Crippen molar-refractivity contribution in [2.45, 2.75) is 25.0 Å². The number of fused-ring (bicyclic) bond motifs is 1. The molecule has 0 radical (unpaired) electrons. The molecule has 1 aliphatic carbocycles. The van der Waals surface area contributed by atoms with Gasteiger partial charge in [0.25, 0.3) is 0 Å². The second-order valence-corrected chi connectivity index (χ2v) is 6.01. The molecule has 3 nitrogen and oxygen atoms in total. The molecule has 0 saturated carbocycles. The first-order chi connectivity index (χ1) is 10.9. The Morgan fingerprint density at radius 2 is 2.09 bits per heavy atom. The minimum atomic E-state index is -1.22. The van der Waals surface area contributed by atoms with E-state index in [2.05, 4.69) is 5.32 Å². The van der Waals surface area contributed by atoms with Gasteiger partial charge in [-0.15, -0.1) is 0 Å². The number of hydrogen-bond acceptors (Lipinski definition) is 3. The van der Waals surface area contributed by atoms with Gasteiger partial charge < -0.3 is 15.2 Å². The summed E-state index contributed by atoms with van der Waals surface area (Å²) in [7, 11) is 1.73. The number of aliphatic hydroxyl groups is 1. The summed E-state index contributed by atoms with van der Waals surface area (Å²) in [6, 6.07) is 8.98. The van der Waals surface area contributed by atoms with Crippen LogP contribution in [0.4, 0.5) is 8.78 Å². The molecule has 122 valence electrons. The van der Waals surface area contributed by atoms with Crippen LogP contribution in [-0.4, -0.2) is 24.3 Å². The maximum Gasteiger partial charge on any atom is 0.154 e. The molecule has 0 aliphatic heterocycles. The Kier molecular flexibility index (Phi) is 4.08. The van der Waals surface area contributed by atoms with Gasteiger partial charge in [-0.25, -0.2) is 8.78 Å². The highest BCUT2D eigenvalue weighted by Crippen LogP contribution is 2.43. The van der Waals surface area contributed by atoms with Crippen LogP contribution in [-0.2, 0) is 6.42 Å². The van der Waals surface area contributed by atoms with Crippen LogP contribution in [0.3, 0.4) is 0 Å². The quantitative estimate of drug-likeness (QED) is 0.910. The summed E-state index contributed by atoms with van der Waals surface area (Å²) in [5.41, 5.74) is 0.605. The first kappa shape index (κ1) is 15.9. The molecule has 0 heterocycles. The molecule has 2 N–H and O–H groups in total. The van der Waals surface area contributed by atoms with Gasteiger partial charge in [-0.1, -0.05) is 12.1 Å². The largest absolute Gasteiger partial charge is 0.482 e. The van der Waals surface area contributed by atoms with Crippen LogP contribution in [0.5, 0.6) is 5.75 Å². The zero-order valence-corrected chi connectivity index (χ0v) is 13.1. The van der Waals surface area contributed by atoms with Crippen molar-refractivity contribution in [1.82, 2.24) is 5.32 Å². The maximum atomic E-state index is 13.7. The van der Waals surface area contributed by atoms with Crippen molar-refractivity contribution in [2.24, 2.45) is 0 Å². The van der Waals surface area contributed by atoms with Crippen LogP contribution in [0.1, 0.15) is 22.8 Å². The lowest BCUT2D eigenvalue weighted by Gasteiger charge is -2.31. The zero-order valence-electron chi connectivity index (χ0n) is 13.1. The summed E-state index contributed by atoms with van der Waals surface area (Å²) in [6.45, 7) is 1.91. The van der Waals surface area contributed by atoms with E-state index in [1.807, 2.05) is 0 Å². The fourth-order valence-electron chi connectivity index (χ4n) is 3.17. The Labute approximate surface area is 133 Å². The Hall–Kier alpha value is -1.98. The summed E-state index contributed by atoms with van der Waals surface area (Å²) < 4.78 is 33.2. The maximum absolute atomic E-state index is 13.7. The highest BCUT2D eigenvalue weighted by Gasteiger charge is 2.46. The Morgan fingerprint density at radius 1 is 1.30 bits per heavy atom. The number of ether oxygens (including phenoxy) is 1. The van der Waals surface area contributed by atoms with Gasteiger partial charge in [0.2, 0.25) is 0 Å². The number of rotatable bonds is 4. The van der Waals surface area contributed by atoms with E-state index in [1.165, 1.54) is 18.2 Å². The van der Waals surface area contributed by atoms with Crippen LogP contribution >= 0.6 is 0 Å². The summed E-state index contributed by atoms with van der Waals surface area (Å²) in [4.78, 5) is 0. The number of halogens is 2. The molecule has 0 bridgehead atoms. The minimum absolute atomic E-state index is 0.278. The molecule has 23 heavy (non-hydrogen) atoms. The average Bonchev–Trinajstić information content (AvgIpc) is 2.75. The fourth-order valence-corrected chi connectivity index (χ4v) is 3.17. The Balaban J connectivity index is 2.02. The lowest BCUT2D eigenvalue weighted by Crippen LogP contribution is -2.45. The second kappa shape index (κ2) is 5.91. The molecular weight excluding hydrogens is 300 g/mol. The number of hydrogen-bond donors (Lipinski definition) is 2. The molecule has 0 fully saturated rings. The van der Waals surface area contributed by atoms with Gasteiger partial charge in [0.1, 0.15) is 23.0 Å². The molecule has 0 amide bonds. The minimum Gasteiger partial charge on any atom is -0.482 e. The molecule has 1 aliphatic rings. The third kappa shape index (κ3) is 2.82. The normalized spacial score (nSPS) is 22.9. The van der Waals surface area contributed by atoms with Crippen molar-refractivity contribution in [3.8, 4) is 5.75 Å². The van der Waals surface area contributed by atoms with Crippen LogP contribution in [0.25, 0.3) is 0 Å². The van der Waals surface area contributed by atoms with Crippen molar-refractivity contribution in [1.29, 1.82) is 0 Å². The molecule has 2 aromatic carbocycles. The Bertz CT molecular complexity index is 735. The lowest BCUT2D eigenvalue weighted by molar-refractivity contribution is -0.0488.